The minimum absolute atomic E-state index is 0.0959. The summed E-state index contributed by atoms with van der Waals surface area (Å²) in [4.78, 5) is 28.4. The summed E-state index contributed by atoms with van der Waals surface area (Å²) in [5.74, 6) is 0.210. The molecule has 1 aliphatic heterocycles. The SMILES string of the molecule is CCCC[C@@H]1C(=O)N(C)CCN1C(=O)CCc1ccsc1. The monoisotopic (exact) mass is 308 g/mol. The van der Waals surface area contributed by atoms with Crippen LogP contribution in [0.25, 0.3) is 0 Å². The molecule has 0 spiro atoms. The molecule has 1 fully saturated rings. The number of likely N-dealkylation sites (N-methyl/N-ethyl adjacent to an activating group) is 1. The number of piperazine rings is 1. The second-order valence-corrected chi connectivity index (χ2v) is 6.42. The average molecular weight is 308 g/mol. The highest BCUT2D eigenvalue weighted by molar-refractivity contribution is 7.07. The predicted molar refractivity (Wildman–Crippen MR) is 85.3 cm³/mol. The van der Waals surface area contributed by atoms with Gasteiger partial charge in [0, 0.05) is 26.6 Å². The quantitative estimate of drug-likeness (QED) is 0.810. The first-order valence-electron chi connectivity index (χ1n) is 7.69. The predicted octanol–water partition coefficient (Wildman–Crippen LogP) is 2.54. The highest BCUT2D eigenvalue weighted by Crippen LogP contribution is 2.18. The van der Waals surface area contributed by atoms with Crippen LogP contribution in [-0.4, -0.2) is 47.8 Å². The molecule has 1 aromatic heterocycles. The van der Waals surface area contributed by atoms with Crippen molar-refractivity contribution < 1.29 is 9.59 Å². The molecule has 0 bridgehead atoms. The number of nitrogens with zero attached hydrogens (tertiary/aromatic N) is 2. The second kappa shape index (κ2) is 7.59. The Bertz CT molecular complexity index is 473. The van der Waals surface area contributed by atoms with E-state index in [1.165, 1.54) is 5.56 Å². The summed E-state index contributed by atoms with van der Waals surface area (Å²) < 4.78 is 0. The Hall–Kier alpha value is -1.36. The number of rotatable bonds is 6. The minimum atomic E-state index is -0.251. The first-order valence-corrected chi connectivity index (χ1v) is 8.63. The zero-order valence-electron chi connectivity index (χ0n) is 12.9. The maximum Gasteiger partial charge on any atom is 0.245 e. The molecule has 1 saturated heterocycles. The molecule has 0 aliphatic carbocycles. The molecule has 2 rings (SSSR count). The summed E-state index contributed by atoms with van der Waals surface area (Å²) in [5.41, 5.74) is 1.21. The lowest BCUT2D eigenvalue weighted by Crippen LogP contribution is -2.57. The largest absolute Gasteiger partial charge is 0.342 e. The Morgan fingerprint density at radius 1 is 1.43 bits per heavy atom. The molecule has 2 amide bonds. The van der Waals surface area contributed by atoms with Crippen molar-refractivity contribution in [3.8, 4) is 0 Å². The van der Waals surface area contributed by atoms with Gasteiger partial charge in [0.15, 0.2) is 0 Å². The fourth-order valence-electron chi connectivity index (χ4n) is 2.72. The van der Waals surface area contributed by atoms with Gasteiger partial charge >= 0.3 is 0 Å². The van der Waals surface area contributed by atoms with E-state index in [2.05, 4.69) is 18.4 Å². The molecule has 0 unspecified atom stereocenters. The lowest BCUT2D eigenvalue weighted by molar-refractivity contribution is -0.150. The van der Waals surface area contributed by atoms with Crippen molar-refractivity contribution in [1.29, 1.82) is 0 Å². The van der Waals surface area contributed by atoms with E-state index in [1.54, 1.807) is 16.2 Å². The number of carbonyl (C=O) groups excluding carboxylic acids is 2. The normalized spacial score (nSPS) is 19.1. The van der Waals surface area contributed by atoms with Crippen LogP contribution in [0.15, 0.2) is 16.8 Å². The molecule has 0 saturated carbocycles. The summed E-state index contributed by atoms with van der Waals surface area (Å²) in [5, 5.41) is 4.11. The number of hydrogen-bond donors (Lipinski definition) is 0. The van der Waals surface area contributed by atoms with Crippen LogP contribution in [0.5, 0.6) is 0 Å². The van der Waals surface area contributed by atoms with Gasteiger partial charge in [-0.1, -0.05) is 19.8 Å². The number of thiophene rings is 1. The molecule has 0 aromatic carbocycles. The van der Waals surface area contributed by atoms with E-state index < -0.39 is 0 Å². The Kier molecular flexibility index (Phi) is 5.79. The Morgan fingerprint density at radius 3 is 2.90 bits per heavy atom. The van der Waals surface area contributed by atoms with Gasteiger partial charge in [0.05, 0.1) is 0 Å². The van der Waals surface area contributed by atoms with Crippen LogP contribution < -0.4 is 0 Å². The lowest BCUT2D eigenvalue weighted by Gasteiger charge is -2.39. The van der Waals surface area contributed by atoms with Crippen molar-refractivity contribution >= 4 is 23.2 Å². The number of unbranched alkanes of at least 4 members (excludes halogenated alkanes) is 1. The van der Waals surface area contributed by atoms with E-state index in [0.29, 0.717) is 19.5 Å². The van der Waals surface area contributed by atoms with Crippen molar-refractivity contribution in [2.45, 2.75) is 45.1 Å². The van der Waals surface area contributed by atoms with Crippen molar-refractivity contribution in [2.24, 2.45) is 0 Å². The van der Waals surface area contributed by atoms with Gasteiger partial charge in [-0.05, 0) is 35.2 Å². The Morgan fingerprint density at radius 2 is 2.24 bits per heavy atom. The number of hydrogen-bond acceptors (Lipinski definition) is 3. The molecule has 4 nitrogen and oxygen atoms in total. The van der Waals surface area contributed by atoms with Gasteiger partial charge in [-0.15, -0.1) is 0 Å². The highest BCUT2D eigenvalue weighted by atomic mass is 32.1. The first kappa shape index (κ1) is 16.0. The van der Waals surface area contributed by atoms with E-state index in [1.807, 2.05) is 17.3 Å². The molecular formula is C16H24N2O2S. The van der Waals surface area contributed by atoms with E-state index in [4.69, 9.17) is 0 Å². The van der Waals surface area contributed by atoms with Gasteiger partial charge in [-0.3, -0.25) is 9.59 Å². The van der Waals surface area contributed by atoms with Gasteiger partial charge in [0.1, 0.15) is 6.04 Å². The maximum absolute atomic E-state index is 12.5. The summed E-state index contributed by atoms with van der Waals surface area (Å²) in [6.07, 6.45) is 4.08. The molecule has 0 N–H and O–H groups in total. The van der Waals surface area contributed by atoms with Crippen LogP contribution in [-0.2, 0) is 16.0 Å². The van der Waals surface area contributed by atoms with Gasteiger partial charge in [-0.25, -0.2) is 0 Å². The first-order chi connectivity index (χ1) is 10.1. The van der Waals surface area contributed by atoms with E-state index >= 15 is 0 Å². The van der Waals surface area contributed by atoms with Gasteiger partial charge in [0.2, 0.25) is 11.8 Å². The van der Waals surface area contributed by atoms with Crippen LogP contribution in [0, 0.1) is 0 Å². The summed E-state index contributed by atoms with van der Waals surface area (Å²) in [6, 6.07) is 1.81. The molecule has 1 atom stereocenters. The van der Waals surface area contributed by atoms with Crippen molar-refractivity contribution in [3.63, 3.8) is 0 Å². The fraction of sp³-hybridized carbons (Fsp3) is 0.625. The van der Waals surface area contributed by atoms with Crippen molar-refractivity contribution in [2.75, 3.05) is 20.1 Å². The number of aryl methyl sites for hydroxylation is 1. The van der Waals surface area contributed by atoms with Crippen molar-refractivity contribution in [3.05, 3.63) is 22.4 Å². The van der Waals surface area contributed by atoms with Crippen molar-refractivity contribution in [1.82, 2.24) is 9.80 Å². The third-order valence-corrected chi connectivity index (χ3v) is 4.80. The molecule has 0 radical (unpaired) electrons. The van der Waals surface area contributed by atoms with Crippen LogP contribution >= 0.6 is 11.3 Å². The Labute approximate surface area is 130 Å². The molecular weight excluding hydrogens is 284 g/mol. The van der Waals surface area contributed by atoms with Gasteiger partial charge < -0.3 is 9.80 Å². The number of amides is 2. The molecule has 21 heavy (non-hydrogen) atoms. The molecule has 5 heteroatoms. The average Bonchev–Trinajstić information content (AvgIpc) is 2.99. The van der Waals surface area contributed by atoms with E-state index in [-0.39, 0.29) is 17.9 Å². The van der Waals surface area contributed by atoms with E-state index in [0.717, 1.165) is 25.7 Å². The summed E-state index contributed by atoms with van der Waals surface area (Å²) in [6.45, 7) is 3.42. The molecule has 1 aliphatic rings. The minimum Gasteiger partial charge on any atom is -0.342 e. The molecule has 1 aromatic rings. The second-order valence-electron chi connectivity index (χ2n) is 5.64. The van der Waals surface area contributed by atoms with Crippen LogP contribution in [0.1, 0.15) is 38.2 Å². The third-order valence-electron chi connectivity index (χ3n) is 4.07. The maximum atomic E-state index is 12.5. The van der Waals surface area contributed by atoms with Gasteiger partial charge in [-0.2, -0.15) is 11.3 Å². The fourth-order valence-corrected chi connectivity index (χ4v) is 3.42. The van der Waals surface area contributed by atoms with Crippen LogP contribution in [0.4, 0.5) is 0 Å². The highest BCUT2D eigenvalue weighted by Gasteiger charge is 2.34. The summed E-state index contributed by atoms with van der Waals surface area (Å²) >= 11 is 1.65. The smallest absolute Gasteiger partial charge is 0.245 e. The topological polar surface area (TPSA) is 40.6 Å². The standard InChI is InChI=1S/C16H24N2O2S/c1-3-4-5-14-16(20)17(2)9-10-18(14)15(19)7-6-13-8-11-21-12-13/h8,11-12,14H,3-7,9-10H2,1-2H3/t14-/m1/s1. The van der Waals surface area contributed by atoms with Crippen LogP contribution in [0.3, 0.4) is 0 Å². The molecule has 116 valence electrons. The number of carbonyl (C=O) groups is 2. The lowest BCUT2D eigenvalue weighted by atomic mass is 10.0. The Balaban J connectivity index is 1.97. The van der Waals surface area contributed by atoms with Crippen LogP contribution in [0.2, 0.25) is 0 Å². The zero-order valence-corrected chi connectivity index (χ0v) is 13.7. The van der Waals surface area contributed by atoms with E-state index in [9.17, 15) is 9.59 Å². The summed E-state index contributed by atoms with van der Waals surface area (Å²) in [7, 11) is 1.83. The molecule has 2 heterocycles. The van der Waals surface area contributed by atoms with Gasteiger partial charge in [0.25, 0.3) is 0 Å². The zero-order chi connectivity index (χ0) is 15.2. The third kappa shape index (κ3) is 4.06.